The maximum absolute atomic E-state index is 12.1. The van der Waals surface area contributed by atoms with Crippen LogP contribution in [0.3, 0.4) is 0 Å². The predicted octanol–water partition coefficient (Wildman–Crippen LogP) is 3.37. The molecule has 2 N–H and O–H groups in total. The summed E-state index contributed by atoms with van der Waals surface area (Å²) in [6, 6.07) is 10.4. The molecule has 0 spiro atoms. The molecule has 0 bridgehead atoms. The van der Waals surface area contributed by atoms with Gasteiger partial charge in [-0.05, 0) is 50.3 Å². The lowest BCUT2D eigenvalue weighted by Crippen LogP contribution is -2.29. The van der Waals surface area contributed by atoms with Gasteiger partial charge in [0.15, 0.2) is 0 Å². The number of nitrogens with zero attached hydrogens (tertiary/aromatic N) is 2. The molecule has 2 heterocycles. The first kappa shape index (κ1) is 23.5. The van der Waals surface area contributed by atoms with Gasteiger partial charge in [-0.1, -0.05) is 30.3 Å². The standard InChI is InChI=1S/C20H28N4O.2ClH/c25-20(7-6-18-8-11-21-12-9-18)23-16-19-22-13-15-24(19)14-10-17-4-2-1-3-5-17;;/h1-5,13,15,18,21H,6-12,14,16H2,(H,23,25);2*1H. The highest BCUT2D eigenvalue weighted by atomic mass is 35.5. The van der Waals surface area contributed by atoms with Crippen molar-refractivity contribution in [3.63, 3.8) is 0 Å². The number of hydrogen-bond donors (Lipinski definition) is 2. The highest BCUT2D eigenvalue weighted by Crippen LogP contribution is 2.17. The molecule has 7 heteroatoms. The van der Waals surface area contributed by atoms with Crippen molar-refractivity contribution in [1.82, 2.24) is 20.2 Å². The maximum atomic E-state index is 12.1. The minimum absolute atomic E-state index is 0. The normalized spacial score (nSPS) is 14.1. The van der Waals surface area contributed by atoms with Crippen molar-refractivity contribution in [2.75, 3.05) is 13.1 Å². The summed E-state index contributed by atoms with van der Waals surface area (Å²) in [6.45, 7) is 3.56. The molecule has 150 valence electrons. The molecule has 0 aliphatic carbocycles. The summed E-state index contributed by atoms with van der Waals surface area (Å²) in [5.41, 5.74) is 1.31. The van der Waals surface area contributed by atoms with Crippen LogP contribution in [0.5, 0.6) is 0 Å². The Labute approximate surface area is 174 Å². The molecule has 1 aliphatic rings. The van der Waals surface area contributed by atoms with E-state index >= 15 is 0 Å². The topological polar surface area (TPSA) is 59.0 Å². The number of aromatic nitrogens is 2. The van der Waals surface area contributed by atoms with Gasteiger partial charge in [-0.3, -0.25) is 4.79 Å². The molecule has 0 atom stereocenters. The van der Waals surface area contributed by atoms with E-state index in [0.717, 1.165) is 38.3 Å². The summed E-state index contributed by atoms with van der Waals surface area (Å²) in [5, 5.41) is 6.39. The van der Waals surface area contributed by atoms with E-state index in [1.165, 1.54) is 18.4 Å². The summed E-state index contributed by atoms with van der Waals surface area (Å²) < 4.78 is 2.13. The van der Waals surface area contributed by atoms with Crippen molar-refractivity contribution in [1.29, 1.82) is 0 Å². The number of halogens is 2. The van der Waals surface area contributed by atoms with Gasteiger partial charge in [-0.15, -0.1) is 24.8 Å². The van der Waals surface area contributed by atoms with Gasteiger partial charge in [0.05, 0.1) is 6.54 Å². The average molecular weight is 413 g/mol. The lowest BCUT2D eigenvalue weighted by Gasteiger charge is -2.22. The van der Waals surface area contributed by atoms with Gasteiger partial charge in [0.25, 0.3) is 0 Å². The van der Waals surface area contributed by atoms with Gasteiger partial charge in [0.2, 0.25) is 5.91 Å². The molecule has 27 heavy (non-hydrogen) atoms. The van der Waals surface area contributed by atoms with E-state index in [2.05, 4.69) is 44.5 Å². The first-order valence-electron chi connectivity index (χ1n) is 9.32. The van der Waals surface area contributed by atoms with Crippen molar-refractivity contribution >= 4 is 30.7 Å². The molecule has 1 saturated heterocycles. The number of rotatable bonds is 8. The van der Waals surface area contributed by atoms with Crippen LogP contribution >= 0.6 is 24.8 Å². The zero-order valence-electron chi connectivity index (χ0n) is 15.6. The smallest absolute Gasteiger partial charge is 0.220 e. The zero-order valence-corrected chi connectivity index (χ0v) is 17.2. The predicted molar refractivity (Wildman–Crippen MR) is 114 cm³/mol. The molecule has 0 unspecified atom stereocenters. The van der Waals surface area contributed by atoms with Crippen LogP contribution in [-0.2, 0) is 24.3 Å². The molecular weight excluding hydrogens is 383 g/mol. The lowest BCUT2D eigenvalue weighted by atomic mass is 9.93. The van der Waals surface area contributed by atoms with Crippen LogP contribution in [0.2, 0.25) is 0 Å². The first-order valence-corrected chi connectivity index (χ1v) is 9.32. The molecule has 5 nitrogen and oxygen atoms in total. The number of carbonyl (C=O) groups is 1. The Morgan fingerprint density at radius 2 is 1.93 bits per heavy atom. The number of imidazole rings is 1. The van der Waals surface area contributed by atoms with Crippen LogP contribution in [0.4, 0.5) is 0 Å². The molecule has 1 fully saturated rings. The third-order valence-electron chi connectivity index (χ3n) is 4.97. The largest absolute Gasteiger partial charge is 0.349 e. The van der Waals surface area contributed by atoms with Gasteiger partial charge >= 0.3 is 0 Å². The maximum Gasteiger partial charge on any atom is 0.220 e. The second-order valence-corrected chi connectivity index (χ2v) is 6.78. The van der Waals surface area contributed by atoms with Crippen LogP contribution in [-0.4, -0.2) is 28.5 Å². The van der Waals surface area contributed by atoms with Gasteiger partial charge in [-0.2, -0.15) is 0 Å². The van der Waals surface area contributed by atoms with Gasteiger partial charge in [0, 0.05) is 25.4 Å². The molecular formula is C20H30Cl2N4O. The zero-order chi connectivity index (χ0) is 17.3. The Morgan fingerprint density at radius 3 is 2.67 bits per heavy atom. The Morgan fingerprint density at radius 1 is 1.19 bits per heavy atom. The molecule has 1 aromatic heterocycles. The molecule has 3 rings (SSSR count). The van der Waals surface area contributed by atoms with Gasteiger partial charge in [-0.25, -0.2) is 4.98 Å². The number of benzene rings is 1. The highest BCUT2D eigenvalue weighted by Gasteiger charge is 2.14. The summed E-state index contributed by atoms with van der Waals surface area (Å²) in [5.74, 6) is 1.75. The molecule has 1 amide bonds. The Hall–Kier alpha value is -1.56. The number of aryl methyl sites for hydroxylation is 2. The third kappa shape index (κ3) is 7.91. The van der Waals surface area contributed by atoms with E-state index in [0.29, 0.717) is 18.9 Å². The van der Waals surface area contributed by atoms with E-state index in [-0.39, 0.29) is 30.7 Å². The summed E-state index contributed by atoms with van der Waals surface area (Å²) in [7, 11) is 0. The van der Waals surface area contributed by atoms with Crippen LogP contribution in [0.25, 0.3) is 0 Å². The van der Waals surface area contributed by atoms with Crippen LogP contribution in [0.15, 0.2) is 42.7 Å². The minimum Gasteiger partial charge on any atom is -0.349 e. The Bertz CT molecular complexity index is 657. The fourth-order valence-corrected chi connectivity index (χ4v) is 3.38. The second-order valence-electron chi connectivity index (χ2n) is 6.78. The SMILES string of the molecule is Cl.Cl.O=C(CCC1CCNCC1)NCc1nccn1CCc1ccccc1. The number of nitrogens with one attached hydrogen (secondary N) is 2. The average Bonchev–Trinajstić information content (AvgIpc) is 3.12. The van der Waals surface area contributed by atoms with E-state index in [9.17, 15) is 4.79 Å². The fraction of sp³-hybridized carbons (Fsp3) is 0.500. The number of carbonyl (C=O) groups excluding carboxylic acids is 1. The van der Waals surface area contributed by atoms with E-state index in [1.54, 1.807) is 0 Å². The fourth-order valence-electron chi connectivity index (χ4n) is 3.38. The first-order chi connectivity index (χ1) is 12.3. The van der Waals surface area contributed by atoms with Crippen molar-refractivity contribution in [2.45, 2.75) is 45.2 Å². The number of hydrogen-bond acceptors (Lipinski definition) is 3. The molecule has 2 aromatic rings. The van der Waals surface area contributed by atoms with Crippen molar-refractivity contribution in [2.24, 2.45) is 5.92 Å². The summed E-state index contributed by atoms with van der Waals surface area (Å²) in [4.78, 5) is 16.5. The van der Waals surface area contributed by atoms with Crippen LogP contribution in [0, 0.1) is 5.92 Å². The van der Waals surface area contributed by atoms with Crippen LogP contribution < -0.4 is 10.6 Å². The van der Waals surface area contributed by atoms with Crippen molar-refractivity contribution in [3.8, 4) is 0 Å². The molecule has 0 radical (unpaired) electrons. The summed E-state index contributed by atoms with van der Waals surface area (Å²) in [6.07, 6.45) is 8.76. The Balaban J connectivity index is 0.00000182. The number of amides is 1. The third-order valence-corrected chi connectivity index (χ3v) is 4.97. The van der Waals surface area contributed by atoms with E-state index in [4.69, 9.17) is 0 Å². The van der Waals surface area contributed by atoms with Gasteiger partial charge in [0.1, 0.15) is 5.82 Å². The second kappa shape index (κ2) is 12.8. The molecule has 0 saturated carbocycles. The number of piperidine rings is 1. The highest BCUT2D eigenvalue weighted by molar-refractivity contribution is 5.85. The van der Waals surface area contributed by atoms with Crippen molar-refractivity contribution in [3.05, 3.63) is 54.1 Å². The van der Waals surface area contributed by atoms with E-state index < -0.39 is 0 Å². The monoisotopic (exact) mass is 412 g/mol. The molecule has 1 aliphatic heterocycles. The van der Waals surface area contributed by atoms with Crippen LogP contribution in [0.1, 0.15) is 37.1 Å². The van der Waals surface area contributed by atoms with E-state index in [1.807, 2.05) is 18.5 Å². The quantitative estimate of drug-likeness (QED) is 0.698. The van der Waals surface area contributed by atoms with Gasteiger partial charge < -0.3 is 15.2 Å². The summed E-state index contributed by atoms with van der Waals surface area (Å²) >= 11 is 0. The minimum atomic E-state index is 0. The molecule has 1 aromatic carbocycles. The lowest BCUT2D eigenvalue weighted by molar-refractivity contribution is -0.121. The Kier molecular flexibility index (Phi) is 11.1. The van der Waals surface area contributed by atoms with Crippen molar-refractivity contribution < 1.29 is 4.79 Å².